The van der Waals surface area contributed by atoms with E-state index in [-0.39, 0.29) is 53.8 Å². The number of carbonyl (C=O) groups is 4. The van der Waals surface area contributed by atoms with Crippen LogP contribution in [0.2, 0.25) is 0 Å². The Kier molecular flexibility index (Phi) is 23.7. The lowest BCUT2D eigenvalue weighted by atomic mass is 9.94. The first-order valence-corrected chi connectivity index (χ1v) is 25.4. The summed E-state index contributed by atoms with van der Waals surface area (Å²) in [6.45, 7) is 12.8. The Morgan fingerprint density at radius 3 is 2.24 bits per heavy atom. The minimum Gasteiger partial charge on any atom is -0.379 e. The Morgan fingerprint density at radius 2 is 1.58 bits per heavy atom. The second-order valence-corrected chi connectivity index (χ2v) is 20.6. The normalized spacial score (nSPS) is 20.6. The van der Waals surface area contributed by atoms with Crippen LogP contribution in [0, 0.1) is 5.41 Å². The highest BCUT2D eigenvalue weighted by Crippen LogP contribution is 2.36. The maximum atomic E-state index is 13.3. The van der Waals surface area contributed by atoms with Gasteiger partial charge in [0.15, 0.2) is 0 Å². The number of hydrogen-bond acceptors (Lipinski definition) is 13. The van der Waals surface area contributed by atoms with Crippen molar-refractivity contribution < 1.29 is 42.6 Å². The summed E-state index contributed by atoms with van der Waals surface area (Å²) in [6.07, 6.45) is 7.81. The van der Waals surface area contributed by atoms with Gasteiger partial charge in [0.1, 0.15) is 0 Å². The van der Waals surface area contributed by atoms with Gasteiger partial charge < -0.3 is 54.5 Å². The topological polar surface area (TPSA) is 200 Å². The van der Waals surface area contributed by atoms with Crippen LogP contribution in [0.5, 0.6) is 0 Å². The third kappa shape index (κ3) is 19.6. The van der Waals surface area contributed by atoms with Crippen molar-refractivity contribution in [3.8, 4) is 0 Å². The molecule has 0 spiro atoms. The summed E-state index contributed by atoms with van der Waals surface area (Å²) in [5.41, 5.74) is 1.81. The second kappa shape index (κ2) is 28.3. The first kappa shape index (κ1) is 52.0. The van der Waals surface area contributed by atoms with E-state index in [9.17, 15) is 19.2 Å². The van der Waals surface area contributed by atoms with Gasteiger partial charge in [-0.2, -0.15) is 11.8 Å². The summed E-state index contributed by atoms with van der Waals surface area (Å²) in [7, 11) is 5.24. The van der Waals surface area contributed by atoms with Crippen LogP contribution in [0.15, 0.2) is 0 Å². The third-order valence-corrected chi connectivity index (χ3v) is 14.0. The molecule has 4 N–H and O–H groups in total. The Labute approximate surface area is 374 Å². The van der Waals surface area contributed by atoms with Gasteiger partial charge >= 0.3 is 6.03 Å². The summed E-state index contributed by atoms with van der Waals surface area (Å²) in [5, 5.41) is 21.3. The molecule has 0 bridgehead atoms. The molecule has 5 amide bonds. The van der Waals surface area contributed by atoms with Gasteiger partial charge in [0.25, 0.3) is 0 Å². The summed E-state index contributed by atoms with van der Waals surface area (Å²) in [4.78, 5) is 53.5. The lowest BCUT2D eigenvalue weighted by Gasteiger charge is -2.30. The molecule has 2 saturated heterocycles. The van der Waals surface area contributed by atoms with E-state index in [2.05, 4.69) is 71.1 Å². The number of hydrogen-bond donors (Lipinski definition) is 4. The maximum Gasteiger partial charge on any atom is 0.315 e. The van der Waals surface area contributed by atoms with Crippen LogP contribution in [0.4, 0.5) is 4.79 Å². The van der Waals surface area contributed by atoms with E-state index < -0.39 is 8.15 Å². The SMILES string of the molecule is CO[C@@H]1Cc2nnn(CC(C)(C)COP(C)CN(C)C)c2CCN(C(=O)CCCC(=O)NCCCOCCOCCOCCCNC(=O)CCCC[C@@H]2SC[C@@H]3NC(=O)N[C@@H]32)C1. The largest absolute Gasteiger partial charge is 0.379 e. The van der Waals surface area contributed by atoms with Crippen LogP contribution in [0.3, 0.4) is 0 Å². The average Bonchev–Trinajstić information content (AvgIpc) is 3.89. The van der Waals surface area contributed by atoms with Gasteiger partial charge in [0, 0.05) is 109 Å². The smallest absolute Gasteiger partial charge is 0.315 e. The van der Waals surface area contributed by atoms with Crippen molar-refractivity contribution in [2.45, 2.75) is 114 Å². The lowest BCUT2D eigenvalue weighted by molar-refractivity contribution is -0.133. The molecule has 5 atom stereocenters. The molecule has 1 aromatic heterocycles. The molecule has 20 heteroatoms. The van der Waals surface area contributed by atoms with Crippen molar-refractivity contribution >= 4 is 43.7 Å². The van der Waals surface area contributed by atoms with Crippen LogP contribution in [-0.4, -0.2) is 184 Å². The number of nitrogens with zero attached hydrogens (tertiary/aromatic N) is 5. The number of urea groups is 1. The molecule has 62 heavy (non-hydrogen) atoms. The van der Waals surface area contributed by atoms with Crippen LogP contribution in [0.25, 0.3) is 0 Å². The number of unbranched alkanes of at least 4 members (excludes halogenated alkanes) is 1. The molecule has 3 aliphatic heterocycles. The summed E-state index contributed by atoms with van der Waals surface area (Å²) >= 11 is 1.90. The van der Waals surface area contributed by atoms with Crippen molar-refractivity contribution in [2.75, 3.05) is 112 Å². The van der Waals surface area contributed by atoms with Crippen molar-refractivity contribution in [1.29, 1.82) is 0 Å². The lowest BCUT2D eigenvalue weighted by Crippen LogP contribution is -2.42. The monoisotopic (exact) mass is 914 g/mol. The standard InChI is InChI=1S/C42H76N9O9PS/c1-42(2,30-60-61(6)31-49(3)4)29-51-35-16-19-50(27-32(56-5)26-33(35)47-48-51)39(54)15-9-14-38(53)44-18-11-21-58-23-25-59-24-22-57-20-10-17-43-37(52)13-8-7-12-36-40-34(28-62-36)45-41(55)46-40/h32,34,36,40H,7-31H2,1-6H3,(H,43,52)(H,44,53)(H2,45,46,55)/t32-,34+,36+,40+,61?/m1/s1. The van der Waals surface area contributed by atoms with Crippen molar-refractivity contribution in [1.82, 2.24) is 46.1 Å². The van der Waals surface area contributed by atoms with E-state index in [0.29, 0.717) is 123 Å². The van der Waals surface area contributed by atoms with Gasteiger partial charge in [0.05, 0.1) is 69.2 Å². The van der Waals surface area contributed by atoms with Crippen LogP contribution >= 0.6 is 19.9 Å². The number of carbonyl (C=O) groups excluding carboxylic acids is 4. The number of methoxy groups -OCH3 is 1. The van der Waals surface area contributed by atoms with E-state index in [1.54, 1.807) is 7.11 Å². The molecular weight excluding hydrogens is 838 g/mol. The first-order chi connectivity index (χ1) is 29.8. The minimum absolute atomic E-state index is 0.0206. The average molecular weight is 914 g/mol. The zero-order valence-corrected chi connectivity index (χ0v) is 40.0. The number of nitrogens with one attached hydrogen (secondary N) is 4. The molecule has 0 saturated carbocycles. The van der Waals surface area contributed by atoms with Gasteiger partial charge in [-0.25, -0.2) is 9.48 Å². The van der Waals surface area contributed by atoms with Crippen molar-refractivity contribution in [2.24, 2.45) is 5.41 Å². The fourth-order valence-electron chi connectivity index (χ4n) is 7.70. The number of aromatic nitrogens is 3. The van der Waals surface area contributed by atoms with E-state index in [1.807, 2.05) is 21.3 Å². The fraction of sp³-hybridized carbons (Fsp3) is 0.857. The second-order valence-electron chi connectivity index (χ2n) is 17.5. The van der Waals surface area contributed by atoms with Crippen molar-refractivity contribution in [3.05, 3.63) is 11.4 Å². The fourth-order valence-corrected chi connectivity index (χ4v) is 10.7. The zero-order chi connectivity index (χ0) is 44.7. The Hall–Kier alpha value is -2.64. The van der Waals surface area contributed by atoms with Gasteiger partial charge in [-0.1, -0.05) is 25.5 Å². The molecule has 1 unspecified atom stereocenters. The van der Waals surface area contributed by atoms with Crippen LogP contribution in [0.1, 0.15) is 83.0 Å². The molecule has 3 aliphatic rings. The van der Waals surface area contributed by atoms with Crippen LogP contribution < -0.4 is 21.3 Å². The third-order valence-electron chi connectivity index (χ3n) is 11.0. The molecule has 0 aliphatic carbocycles. The molecule has 4 rings (SSSR count). The molecule has 18 nitrogen and oxygen atoms in total. The predicted molar refractivity (Wildman–Crippen MR) is 241 cm³/mol. The number of rotatable bonds is 31. The van der Waals surface area contributed by atoms with Gasteiger partial charge in [0.2, 0.25) is 17.7 Å². The molecule has 0 radical (unpaired) electrons. The van der Waals surface area contributed by atoms with Crippen molar-refractivity contribution in [3.63, 3.8) is 0 Å². The predicted octanol–water partition coefficient (Wildman–Crippen LogP) is 2.77. The Bertz CT molecular complexity index is 1510. The van der Waals surface area contributed by atoms with E-state index in [4.69, 9.17) is 23.5 Å². The quantitative estimate of drug-likeness (QED) is 0.0483. The molecule has 0 aromatic carbocycles. The molecule has 2 fully saturated rings. The van der Waals surface area contributed by atoms with Gasteiger partial charge in [-0.15, -0.1) is 5.10 Å². The summed E-state index contributed by atoms with van der Waals surface area (Å²) in [5.74, 6) is 0.974. The Morgan fingerprint density at radius 1 is 0.919 bits per heavy atom. The highest BCUT2D eigenvalue weighted by Gasteiger charge is 2.42. The molecule has 4 heterocycles. The summed E-state index contributed by atoms with van der Waals surface area (Å²) in [6, 6.07) is 0.396. The van der Waals surface area contributed by atoms with E-state index >= 15 is 0 Å². The molecule has 354 valence electrons. The van der Waals surface area contributed by atoms with Gasteiger partial charge in [-0.3, -0.25) is 14.4 Å². The number of fused-ring (bicyclic) bond motifs is 2. The van der Waals surface area contributed by atoms with E-state index in [0.717, 1.165) is 49.1 Å². The number of thioether (sulfide) groups is 1. The number of ether oxygens (including phenoxy) is 4. The van der Waals surface area contributed by atoms with Gasteiger partial charge in [-0.05, 0) is 52.9 Å². The number of amides is 5. The van der Waals surface area contributed by atoms with E-state index in [1.165, 1.54) is 0 Å². The summed E-state index contributed by atoms with van der Waals surface area (Å²) < 4.78 is 30.8. The highest BCUT2D eigenvalue weighted by atomic mass is 32.2. The Balaban J connectivity index is 0.942. The first-order valence-electron chi connectivity index (χ1n) is 22.5. The minimum atomic E-state index is -0.539. The molecule has 1 aromatic rings. The molecular formula is C42H76N9O9PS. The highest BCUT2D eigenvalue weighted by molar-refractivity contribution is 8.00. The van der Waals surface area contributed by atoms with Crippen LogP contribution in [-0.2, 0) is 57.2 Å². The zero-order valence-electron chi connectivity index (χ0n) is 38.3. The maximum absolute atomic E-state index is 13.3.